The Kier molecular flexibility index (Phi) is 7.54. The van der Waals surface area contributed by atoms with Crippen LogP contribution in [0, 0.1) is 0 Å². The number of methoxy groups -OCH3 is 1. The normalized spacial score (nSPS) is 15.0. The van der Waals surface area contributed by atoms with Crippen LogP contribution in [0.25, 0.3) is 0 Å². The summed E-state index contributed by atoms with van der Waals surface area (Å²) in [6.07, 6.45) is 1.46. The van der Waals surface area contributed by atoms with Gasteiger partial charge in [0.15, 0.2) is 17.1 Å². The highest BCUT2D eigenvalue weighted by atomic mass is 32.2. The summed E-state index contributed by atoms with van der Waals surface area (Å²) in [5.74, 6) is 2.55. The van der Waals surface area contributed by atoms with E-state index in [1.165, 1.54) is 11.8 Å². The van der Waals surface area contributed by atoms with Gasteiger partial charge >= 0.3 is 0 Å². The molecule has 1 aliphatic rings. The van der Waals surface area contributed by atoms with E-state index < -0.39 is 0 Å². The first kappa shape index (κ1) is 21.2. The van der Waals surface area contributed by atoms with E-state index in [9.17, 15) is 4.79 Å². The van der Waals surface area contributed by atoms with Crippen molar-refractivity contribution in [2.75, 3.05) is 39.2 Å². The van der Waals surface area contributed by atoms with Gasteiger partial charge in [-0.25, -0.2) is 0 Å². The fourth-order valence-electron chi connectivity index (χ4n) is 2.95. The zero-order valence-corrected chi connectivity index (χ0v) is 17.6. The smallest absolute Gasteiger partial charge is 0.233 e. The highest BCUT2D eigenvalue weighted by Gasteiger charge is 2.22. The predicted octanol–water partition coefficient (Wildman–Crippen LogP) is 2.56. The van der Waals surface area contributed by atoms with Crippen molar-refractivity contribution in [3.05, 3.63) is 42.7 Å². The van der Waals surface area contributed by atoms with Gasteiger partial charge in [-0.3, -0.25) is 9.36 Å². The van der Waals surface area contributed by atoms with Gasteiger partial charge in [-0.05, 0) is 31.2 Å². The number of benzene rings is 1. The third-order valence-electron chi connectivity index (χ3n) is 4.48. The topological polar surface area (TPSA) is 78.7 Å². The van der Waals surface area contributed by atoms with Gasteiger partial charge in [0.05, 0.1) is 26.1 Å². The lowest BCUT2D eigenvalue weighted by Crippen LogP contribution is -2.41. The van der Waals surface area contributed by atoms with Crippen LogP contribution in [0.1, 0.15) is 18.9 Å². The van der Waals surface area contributed by atoms with Gasteiger partial charge in [0.2, 0.25) is 5.91 Å². The van der Waals surface area contributed by atoms with E-state index in [2.05, 4.69) is 16.8 Å². The van der Waals surface area contributed by atoms with Crippen LogP contribution in [0.5, 0.6) is 11.5 Å². The number of carbonyl (C=O) groups excluding carboxylic acids is 1. The van der Waals surface area contributed by atoms with E-state index in [4.69, 9.17) is 14.2 Å². The summed E-state index contributed by atoms with van der Waals surface area (Å²) in [6.45, 7) is 8.72. The van der Waals surface area contributed by atoms with Crippen molar-refractivity contribution in [3.63, 3.8) is 0 Å². The number of carbonyl (C=O) groups is 1. The number of morpholine rings is 1. The maximum Gasteiger partial charge on any atom is 0.233 e. The largest absolute Gasteiger partial charge is 0.497 e. The molecule has 0 saturated carbocycles. The Morgan fingerprint density at radius 1 is 1.28 bits per heavy atom. The van der Waals surface area contributed by atoms with Crippen LogP contribution in [-0.2, 0) is 16.1 Å². The summed E-state index contributed by atoms with van der Waals surface area (Å²) in [7, 11) is 1.62. The average molecular weight is 419 g/mol. The molecular formula is C20H26N4O4S. The number of hydrogen-bond acceptors (Lipinski definition) is 7. The van der Waals surface area contributed by atoms with Gasteiger partial charge in [0, 0.05) is 19.6 Å². The summed E-state index contributed by atoms with van der Waals surface area (Å²) in [5.41, 5.74) is 0. The molecule has 0 radical (unpaired) electrons. The van der Waals surface area contributed by atoms with E-state index in [0.717, 1.165) is 5.75 Å². The van der Waals surface area contributed by atoms with E-state index in [1.54, 1.807) is 13.2 Å². The minimum absolute atomic E-state index is 0.0792. The molecule has 156 valence electrons. The third kappa shape index (κ3) is 5.51. The number of rotatable bonds is 9. The average Bonchev–Trinajstić information content (AvgIpc) is 3.16. The van der Waals surface area contributed by atoms with Gasteiger partial charge < -0.3 is 19.1 Å². The highest BCUT2D eigenvalue weighted by molar-refractivity contribution is 7.99. The van der Waals surface area contributed by atoms with Crippen molar-refractivity contribution in [3.8, 4) is 11.5 Å². The number of hydrogen-bond donors (Lipinski definition) is 0. The number of allylic oxidation sites excluding steroid dienone is 1. The van der Waals surface area contributed by atoms with Crippen LogP contribution in [0.4, 0.5) is 0 Å². The van der Waals surface area contributed by atoms with Crippen LogP contribution < -0.4 is 9.47 Å². The van der Waals surface area contributed by atoms with Gasteiger partial charge in [-0.1, -0.05) is 17.8 Å². The first-order valence-corrected chi connectivity index (χ1v) is 10.4. The minimum Gasteiger partial charge on any atom is -0.497 e. The summed E-state index contributed by atoms with van der Waals surface area (Å²) in [4.78, 5) is 14.2. The number of amides is 1. The zero-order chi connectivity index (χ0) is 20.6. The van der Waals surface area contributed by atoms with Crippen LogP contribution in [-0.4, -0.2) is 64.7 Å². The molecule has 1 aliphatic heterocycles. The van der Waals surface area contributed by atoms with Crippen LogP contribution in [0.3, 0.4) is 0 Å². The lowest BCUT2D eigenvalue weighted by atomic mass is 10.3. The Morgan fingerprint density at radius 2 is 1.97 bits per heavy atom. The van der Waals surface area contributed by atoms with Crippen molar-refractivity contribution >= 4 is 17.7 Å². The first-order chi connectivity index (χ1) is 14.1. The fourth-order valence-corrected chi connectivity index (χ4v) is 3.81. The SMILES string of the molecule is C=CCn1c(SCC(=O)N2CCOCC2)nnc1C(C)Oc1ccc(OC)cc1. The van der Waals surface area contributed by atoms with Gasteiger partial charge in [-0.15, -0.1) is 16.8 Å². The molecule has 1 atom stereocenters. The van der Waals surface area contributed by atoms with Gasteiger partial charge in [0.1, 0.15) is 11.5 Å². The van der Waals surface area contributed by atoms with Crippen LogP contribution >= 0.6 is 11.8 Å². The highest BCUT2D eigenvalue weighted by Crippen LogP contribution is 2.26. The second kappa shape index (κ2) is 10.3. The Balaban J connectivity index is 1.66. The van der Waals surface area contributed by atoms with E-state index in [-0.39, 0.29) is 12.0 Å². The quantitative estimate of drug-likeness (QED) is 0.457. The first-order valence-electron chi connectivity index (χ1n) is 9.45. The van der Waals surface area contributed by atoms with Gasteiger partial charge in [-0.2, -0.15) is 0 Å². The molecule has 2 heterocycles. The molecule has 9 heteroatoms. The number of nitrogens with zero attached hydrogens (tertiary/aromatic N) is 4. The number of aromatic nitrogens is 3. The Bertz CT molecular complexity index is 818. The summed E-state index contributed by atoms with van der Waals surface area (Å²) in [6, 6.07) is 7.38. The summed E-state index contributed by atoms with van der Waals surface area (Å²) in [5, 5.41) is 9.25. The maximum atomic E-state index is 12.4. The molecule has 1 amide bonds. The third-order valence-corrected chi connectivity index (χ3v) is 5.43. The summed E-state index contributed by atoms with van der Waals surface area (Å²) < 4.78 is 18.4. The molecule has 0 spiro atoms. The van der Waals surface area contributed by atoms with E-state index in [1.807, 2.05) is 40.7 Å². The maximum absolute atomic E-state index is 12.4. The number of thioether (sulfide) groups is 1. The standard InChI is InChI=1S/C20H26N4O4S/c1-4-9-24-19(15(2)28-17-7-5-16(26-3)6-8-17)21-22-20(24)29-14-18(25)23-10-12-27-13-11-23/h4-8,15H,1,9-14H2,2-3H3. The minimum atomic E-state index is -0.319. The molecular weight excluding hydrogens is 392 g/mol. The van der Waals surface area contributed by atoms with Crippen molar-refractivity contribution in [1.82, 2.24) is 19.7 Å². The van der Waals surface area contributed by atoms with E-state index >= 15 is 0 Å². The summed E-state index contributed by atoms with van der Waals surface area (Å²) >= 11 is 1.38. The molecule has 1 aromatic heterocycles. The molecule has 29 heavy (non-hydrogen) atoms. The van der Waals surface area contributed by atoms with Crippen LogP contribution in [0.15, 0.2) is 42.1 Å². The molecule has 1 unspecified atom stereocenters. The monoisotopic (exact) mass is 418 g/mol. The molecule has 3 rings (SSSR count). The van der Waals surface area contributed by atoms with Crippen LogP contribution in [0.2, 0.25) is 0 Å². The Morgan fingerprint density at radius 3 is 2.62 bits per heavy atom. The lowest BCUT2D eigenvalue weighted by Gasteiger charge is -2.26. The molecule has 2 aromatic rings. The van der Waals surface area contributed by atoms with Crippen molar-refractivity contribution in [2.45, 2.75) is 24.7 Å². The molecule has 0 aliphatic carbocycles. The predicted molar refractivity (Wildman–Crippen MR) is 110 cm³/mol. The Labute approximate surface area is 174 Å². The fraction of sp³-hybridized carbons (Fsp3) is 0.450. The second-order valence-electron chi connectivity index (χ2n) is 6.46. The van der Waals surface area contributed by atoms with E-state index in [0.29, 0.717) is 55.3 Å². The molecule has 0 N–H and O–H groups in total. The lowest BCUT2D eigenvalue weighted by molar-refractivity contribution is -0.132. The molecule has 0 bridgehead atoms. The van der Waals surface area contributed by atoms with Crippen molar-refractivity contribution in [2.24, 2.45) is 0 Å². The molecule has 1 fully saturated rings. The molecule has 8 nitrogen and oxygen atoms in total. The van der Waals surface area contributed by atoms with Crippen molar-refractivity contribution in [1.29, 1.82) is 0 Å². The number of ether oxygens (including phenoxy) is 3. The zero-order valence-electron chi connectivity index (χ0n) is 16.7. The second-order valence-corrected chi connectivity index (χ2v) is 7.40. The van der Waals surface area contributed by atoms with Crippen molar-refractivity contribution < 1.29 is 19.0 Å². The Hall–Kier alpha value is -2.52. The molecule has 1 aromatic carbocycles. The van der Waals surface area contributed by atoms with Gasteiger partial charge in [0.25, 0.3) is 0 Å². The molecule has 1 saturated heterocycles.